The molecule has 1 aromatic rings. The van der Waals surface area contributed by atoms with Crippen molar-refractivity contribution in [2.24, 2.45) is 5.92 Å². The quantitative estimate of drug-likeness (QED) is 0.837. The molecular weight excluding hydrogens is 265 g/mol. The fourth-order valence-electron chi connectivity index (χ4n) is 2.62. The number of piperidine rings is 1. The molecule has 0 bridgehead atoms. The lowest BCUT2D eigenvalue weighted by Gasteiger charge is -2.31. The highest BCUT2D eigenvalue weighted by molar-refractivity contribution is 5.19. The lowest BCUT2D eigenvalue weighted by atomic mass is 9.97. The molecule has 2 rings (SSSR count). The second kappa shape index (κ2) is 7.09. The monoisotopic (exact) mass is 286 g/mol. The van der Waals surface area contributed by atoms with Gasteiger partial charge in [-0.05, 0) is 51.0 Å². The van der Waals surface area contributed by atoms with Gasteiger partial charge in [0.05, 0.1) is 0 Å². The van der Waals surface area contributed by atoms with Gasteiger partial charge in [-0.3, -0.25) is 0 Å². The molecule has 1 saturated heterocycles. The number of halogens is 3. The van der Waals surface area contributed by atoms with Crippen molar-refractivity contribution in [1.82, 2.24) is 10.2 Å². The van der Waals surface area contributed by atoms with Gasteiger partial charge in [-0.15, -0.1) is 0 Å². The van der Waals surface area contributed by atoms with Crippen molar-refractivity contribution in [1.29, 1.82) is 0 Å². The Kier molecular flexibility index (Phi) is 5.43. The first-order valence-corrected chi connectivity index (χ1v) is 7.16. The summed E-state index contributed by atoms with van der Waals surface area (Å²) in [7, 11) is 0. The Morgan fingerprint density at radius 1 is 1.10 bits per heavy atom. The molecule has 1 heterocycles. The topological polar surface area (TPSA) is 15.3 Å². The smallest absolute Gasteiger partial charge is 0.161 e. The molecule has 5 heteroatoms. The fraction of sp³-hybridized carbons (Fsp3) is 0.600. The summed E-state index contributed by atoms with van der Waals surface area (Å²) in [6.07, 6.45) is 2.25. The van der Waals surface area contributed by atoms with E-state index in [2.05, 4.69) is 17.1 Å². The van der Waals surface area contributed by atoms with Gasteiger partial charge < -0.3 is 10.2 Å². The van der Waals surface area contributed by atoms with Crippen LogP contribution in [0.2, 0.25) is 0 Å². The third-order valence-corrected chi connectivity index (χ3v) is 3.99. The number of hydrogen-bond donors (Lipinski definition) is 1. The third-order valence-electron chi connectivity index (χ3n) is 3.99. The number of hydrogen-bond acceptors (Lipinski definition) is 2. The summed E-state index contributed by atoms with van der Waals surface area (Å²) in [6, 6.07) is 1.53. The summed E-state index contributed by atoms with van der Waals surface area (Å²) in [5.41, 5.74) is 0.176. The Balaban J connectivity index is 1.78. The number of nitrogens with zero attached hydrogens (tertiary/aromatic N) is 1. The highest BCUT2D eigenvalue weighted by Crippen LogP contribution is 2.17. The molecule has 0 amide bonds. The van der Waals surface area contributed by atoms with Crippen LogP contribution >= 0.6 is 0 Å². The van der Waals surface area contributed by atoms with Gasteiger partial charge in [0.2, 0.25) is 0 Å². The van der Waals surface area contributed by atoms with Crippen molar-refractivity contribution in [3.63, 3.8) is 0 Å². The van der Waals surface area contributed by atoms with Crippen LogP contribution in [-0.4, -0.2) is 31.1 Å². The van der Waals surface area contributed by atoms with Crippen LogP contribution < -0.4 is 5.32 Å². The maximum atomic E-state index is 13.4. The van der Waals surface area contributed by atoms with Gasteiger partial charge in [-0.25, -0.2) is 13.2 Å². The van der Waals surface area contributed by atoms with Gasteiger partial charge in [-0.1, -0.05) is 6.92 Å². The Bertz CT molecular complexity index is 443. The maximum absolute atomic E-state index is 13.4. The van der Waals surface area contributed by atoms with E-state index in [1.807, 2.05) is 0 Å². The first-order valence-electron chi connectivity index (χ1n) is 7.16. The summed E-state index contributed by atoms with van der Waals surface area (Å²) in [6.45, 7) is 6.46. The molecule has 1 aromatic carbocycles. The van der Waals surface area contributed by atoms with Crippen molar-refractivity contribution in [3.05, 3.63) is 35.1 Å². The van der Waals surface area contributed by atoms with Crippen LogP contribution in [-0.2, 0) is 6.54 Å². The minimum atomic E-state index is -1.14. The molecule has 0 aromatic heterocycles. The van der Waals surface area contributed by atoms with Gasteiger partial charge >= 0.3 is 0 Å². The van der Waals surface area contributed by atoms with Crippen LogP contribution in [0.15, 0.2) is 12.1 Å². The van der Waals surface area contributed by atoms with Crippen LogP contribution in [0.5, 0.6) is 0 Å². The molecule has 0 atom stereocenters. The summed E-state index contributed by atoms with van der Waals surface area (Å²) >= 11 is 0. The van der Waals surface area contributed by atoms with E-state index < -0.39 is 17.5 Å². The number of benzene rings is 1. The molecule has 0 radical (unpaired) electrons. The Morgan fingerprint density at radius 3 is 2.40 bits per heavy atom. The van der Waals surface area contributed by atoms with Crippen molar-refractivity contribution in [2.45, 2.75) is 26.3 Å². The number of nitrogens with one attached hydrogen (secondary N) is 1. The van der Waals surface area contributed by atoms with Crippen LogP contribution in [0.4, 0.5) is 13.2 Å². The first-order chi connectivity index (χ1) is 9.60. The zero-order valence-corrected chi connectivity index (χ0v) is 11.8. The van der Waals surface area contributed by atoms with Crippen LogP contribution in [0.25, 0.3) is 0 Å². The second-order valence-corrected chi connectivity index (χ2v) is 5.37. The number of rotatable bonds is 5. The van der Waals surface area contributed by atoms with Gasteiger partial charge in [-0.2, -0.15) is 0 Å². The minimum absolute atomic E-state index is 0.176. The molecule has 0 unspecified atom stereocenters. The molecule has 20 heavy (non-hydrogen) atoms. The second-order valence-electron chi connectivity index (χ2n) is 5.37. The zero-order valence-electron chi connectivity index (χ0n) is 11.8. The Labute approximate surface area is 118 Å². The van der Waals surface area contributed by atoms with E-state index >= 15 is 0 Å². The maximum Gasteiger partial charge on any atom is 0.161 e. The highest BCUT2D eigenvalue weighted by Gasteiger charge is 2.17. The van der Waals surface area contributed by atoms with Gasteiger partial charge in [0, 0.05) is 18.2 Å². The average molecular weight is 286 g/mol. The van der Waals surface area contributed by atoms with Crippen LogP contribution in [0.3, 0.4) is 0 Å². The number of likely N-dealkylation sites (tertiary alicyclic amines) is 1. The molecule has 1 aliphatic heterocycles. The normalized spacial score (nSPS) is 17.6. The Morgan fingerprint density at radius 2 is 1.75 bits per heavy atom. The third kappa shape index (κ3) is 3.96. The summed E-state index contributed by atoms with van der Waals surface area (Å²) in [5, 5.41) is 3.14. The predicted octanol–water partition coefficient (Wildman–Crippen LogP) is 2.93. The Hall–Kier alpha value is -1.07. The molecule has 1 N–H and O–H groups in total. The molecule has 1 fully saturated rings. The van der Waals surface area contributed by atoms with E-state index in [1.54, 1.807) is 0 Å². The molecule has 2 nitrogen and oxygen atoms in total. The summed E-state index contributed by atoms with van der Waals surface area (Å²) < 4.78 is 39.3. The lowest BCUT2D eigenvalue weighted by Crippen LogP contribution is -2.37. The van der Waals surface area contributed by atoms with Crippen LogP contribution in [0.1, 0.15) is 25.3 Å². The summed E-state index contributed by atoms with van der Waals surface area (Å²) in [4.78, 5) is 2.41. The first kappa shape index (κ1) is 15.3. The van der Waals surface area contributed by atoms with Crippen molar-refractivity contribution < 1.29 is 13.2 Å². The van der Waals surface area contributed by atoms with Crippen molar-refractivity contribution in [3.8, 4) is 0 Å². The highest BCUT2D eigenvalue weighted by atomic mass is 19.2. The standard InChI is InChI=1S/C15H21F3N2/c1-2-20-5-3-11(4-6-20)9-19-10-12-7-14(17)15(18)8-13(12)16/h7-8,11,19H,2-6,9-10H2,1H3. The molecule has 1 aliphatic rings. The van der Waals surface area contributed by atoms with E-state index in [-0.39, 0.29) is 12.1 Å². The van der Waals surface area contributed by atoms with Crippen LogP contribution in [0, 0.1) is 23.4 Å². The largest absolute Gasteiger partial charge is 0.312 e. The molecule has 112 valence electrons. The van der Waals surface area contributed by atoms with Gasteiger partial charge in [0.15, 0.2) is 11.6 Å². The van der Waals surface area contributed by atoms with Crippen molar-refractivity contribution >= 4 is 0 Å². The van der Waals surface area contributed by atoms with Crippen molar-refractivity contribution in [2.75, 3.05) is 26.2 Å². The zero-order chi connectivity index (χ0) is 14.5. The van der Waals surface area contributed by atoms with Gasteiger partial charge in [0.1, 0.15) is 5.82 Å². The molecule has 0 saturated carbocycles. The minimum Gasteiger partial charge on any atom is -0.312 e. The molecular formula is C15H21F3N2. The SMILES string of the molecule is CCN1CCC(CNCc2cc(F)c(F)cc2F)CC1. The lowest BCUT2D eigenvalue weighted by molar-refractivity contribution is 0.190. The summed E-state index contributed by atoms with van der Waals surface area (Å²) in [5.74, 6) is -2.26. The average Bonchev–Trinajstić information content (AvgIpc) is 2.45. The van der Waals surface area contributed by atoms with E-state index in [1.165, 1.54) is 0 Å². The van der Waals surface area contributed by atoms with Gasteiger partial charge in [0.25, 0.3) is 0 Å². The van der Waals surface area contributed by atoms with E-state index in [4.69, 9.17) is 0 Å². The molecule has 0 aliphatic carbocycles. The van der Waals surface area contributed by atoms with E-state index in [9.17, 15) is 13.2 Å². The fourth-order valence-corrected chi connectivity index (χ4v) is 2.62. The molecule has 0 spiro atoms. The van der Waals surface area contributed by atoms with E-state index in [0.29, 0.717) is 12.0 Å². The van der Waals surface area contributed by atoms with E-state index in [0.717, 1.165) is 45.1 Å². The predicted molar refractivity (Wildman–Crippen MR) is 72.9 cm³/mol.